The third-order valence-corrected chi connectivity index (χ3v) is 5.55. The van der Waals surface area contributed by atoms with E-state index in [1.54, 1.807) is 6.07 Å². The van der Waals surface area contributed by atoms with Crippen LogP contribution in [0, 0.1) is 19.8 Å². The minimum atomic E-state index is -0.353. The molecule has 166 valence electrons. The maximum absolute atomic E-state index is 12.2. The van der Waals surface area contributed by atoms with E-state index < -0.39 is 0 Å². The molecule has 32 heavy (non-hydrogen) atoms. The number of benzene rings is 2. The van der Waals surface area contributed by atoms with Gasteiger partial charge in [0.15, 0.2) is 0 Å². The summed E-state index contributed by atoms with van der Waals surface area (Å²) < 4.78 is 4.94. The van der Waals surface area contributed by atoms with Crippen LogP contribution in [0.25, 0.3) is 23.3 Å². The lowest BCUT2D eigenvalue weighted by atomic mass is 9.89. The first kappa shape index (κ1) is 23.4. The number of aromatic nitrogens is 1. The van der Waals surface area contributed by atoms with Crippen LogP contribution in [-0.2, 0) is 17.7 Å². The molecule has 0 amide bonds. The van der Waals surface area contributed by atoms with Gasteiger partial charge in [0, 0.05) is 23.5 Å². The van der Waals surface area contributed by atoms with Crippen LogP contribution in [0.2, 0.25) is 0 Å². The molecule has 0 unspecified atom stereocenters. The molecule has 0 radical (unpaired) electrons. The molecule has 4 heteroatoms. The van der Waals surface area contributed by atoms with E-state index in [4.69, 9.17) is 15.5 Å². The molecule has 3 aromatic rings. The topological polar surface area (TPSA) is 65.2 Å². The summed E-state index contributed by atoms with van der Waals surface area (Å²) in [6, 6.07) is 15.9. The highest BCUT2D eigenvalue weighted by atomic mass is 16.5. The van der Waals surface area contributed by atoms with Crippen molar-refractivity contribution in [3.05, 3.63) is 87.7 Å². The van der Waals surface area contributed by atoms with Gasteiger partial charge in [-0.3, -0.25) is 4.98 Å². The van der Waals surface area contributed by atoms with E-state index in [1.165, 1.54) is 12.7 Å². The Morgan fingerprint density at radius 1 is 1.06 bits per heavy atom. The number of carbonyl (C=O) groups excluding carboxylic acids is 1. The number of methoxy groups -OCH3 is 1. The predicted molar refractivity (Wildman–Crippen MR) is 132 cm³/mol. The SMILES string of the molecule is COC(=O)c1ccccc1C=Cc1c(C)nc(CC(C)C)c(CN)c1-c1ccc(C)cc1. The fraction of sp³-hybridized carbons (Fsp3) is 0.286. The zero-order chi connectivity index (χ0) is 23.3. The molecule has 3 rings (SSSR count). The lowest BCUT2D eigenvalue weighted by Gasteiger charge is -2.20. The Hall–Kier alpha value is -3.24. The first-order valence-corrected chi connectivity index (χ1v) is 11.0. The maximum atomic E-state index is 12.2. The van der Waals surface area contributed by atoms with Gasteiger partial charge in [0.05, 0.1) is 12.7 Å². The number of hydrogen-bond acceptors (Lipinski definition) is 4. The van der Waals surface area contributed by atoms with E-state index in [1.807, 2.05) is 37.3 Å². The molecule has 2 N–H and O–H groups in total. The molecule has 1 heterocycles. The highest BCUT2D eigenvalue weighted by molar-refractivity contribution is 5.95. The number of carbonyl (C=O) groups is 1. The van der Waals surface area contributed by atoms with Gasteiger partial charge in [0.1, 0.15) is 0 Å². The van der Waals surface area contributed by atoms with Crippen molar-refractivity contribution >= 4 is 18.1 Å². The Kier molecular flexibility index (Phi) is 7.60. The summed E-state index contributed by atoms with van der Waals surface area (Å²) >= 11 is 0. The summed E-state index contributed by atoms with van der Waals surface area (Å²) in [5.74, 6) is 0.125. The normalized spacial score (nSPS) is 11.3. The van der Waals surface area contributed by atoms with E-state index in [2.05, 4.69) is 45.0 Å². The smallest absolute Gasteiger partial charge is 0.338 e. The molecular formula is C28H32N2O2. The van der Waals surface area contributed by atoms with Gasteiger partial charge in [-0.15, -0.1) is 0 Å². The highest BCUT2D eigenvalue weighted by Crippen LogP contribution is 2.34. The zero-order valence-corrected chi connectivity index (χ0v) is 19.6. The van der Waals surface area contributed by atoms with Crippen LogP contribution in [-0.4, -0.2) is 18.1 Å². The standard InChI is InChI=1S/C28H32N2O2/c1-18(2)16-26-25(17-29)27(22-12-10-19(3)11-13-22)23(20(4)30-26)15-14-21-8-6-7-9-24(21)28(31)32-5/h6-15,18H,16-17,29H2,1-5H3. The number of hydrogen-bond donors (Lipinski definition) is 1. The van der Waals surface area contributed by atoms with Gasteiger partial charge in [-0.2, -0.15) is 0 Å². The molecule has 4 nitrogen and oxygen atoms in total. The first-order chi connectivity index (χ1) is 15.3. The largest absolute Gasteiger partial charge is 0.465 e. The number of ether oxygens (including phenoxy) is 1. The molecular weight excluding hydrogens is 396 g/mol. The summed E-state index contributed by atoms with van der Waals surface area (Å²) in [6.07, 6.45) is 4.87. The Labute approximate surface area is 191 Å². The average molecular weight is 429 g/mol. The second-order valence-corrected chi connectivity index (χ2v) is 8.49. The molecule has 0 bridgehead atoms. The van der Waals surface area contributed by atoms with Crippen molar-refractivity contribution in [3.8, 4) is 11.1 Å². The summed E-state index contributed by atoms with van der Waals surface area (Å²) in [7, 11) is 1.40. The van der Waals surface area contributed by atoms with Gasteiger partial charge in [-0.25, -0.2) is 4.79 Å². The van der Waals surface area contributed by atoms with Crippen molar-refractivity contribution in [2.75, 3.05) is 7.11 Å². The lowest BCUT2D eigenvalue weighted by molar-refractivity contribution is 0.0600. The lowest BCUT2D eigenvalue weighted by Crippen LogP contribution is -2.12. The quantitative estimate of drug-likeness (QED) is 0.470. The van der Waals surface area contributed by atoms with Crippen molar-refractivity contribution in [2.45, 2.75) is 40.7 Å². The van der Waals surface area contributed by atoms with Crippen LogP contribution in [0.4, 0.5) is 0 Å². The van der Waals surface area contributed by atoms with Crippen LogP contribution < -0.4 is 5.73 Å². The zero-order valence-electron chi connectivity index (χ0n) is 19.6. The average Bonchev–Trinajstić information content (AvgIpc) is 2.78. The second-order valence-electron chi connectivity index (χ2n) is 8.49. The van der Waals surface area contributed by atoms with E-state index in [0.717, 1.165) is 45.6 Å². The summed E-state index contributed by atoms with van der Waals surface area (Å²) in [5, 5.41) is 0. The molecule has 0 spiro atoms. The molecule has 0 aliphatic carbocycles. The minimum Gasteiger partial charge on any atom is -0.465 e. The van der Waals surface area contributed by atoms with Crippen molar-refractivity contribution in [1.82, 2.24) is 4.98 Å². The van der Waals surface area contributed by atoms with Crippen LogP contribution in [0.3, 0.4) is 0 Å². The molecule has 2 aromatic carbocycles. The number of aryl methyl sites for hydroxylation is 2. The summed E-state index contributed by atoms with van der Waals surface area (Å²) in [4.78, 5) is 17.1. The van der Waals surface area contributed by atoms with E-state index >= 15 is 0 Å². The molecule has 0 saturated heterocycles. The molecule has 0 saturated carbocycles. The van der Waals surface area contributed by atoms with E-state index in [9.17, 15) is 4.79 Å². The van der Waals surface area contributed by atoms with Gasteiger partial charge in [-0.05, 0) is 54.5 Å². The Bertz CT molecular complexity index is 1130. The fourth-order valence-corrected chi connectivity index (χ4v) is 3.96. The first-order valence-electron chi connectivity index (χ1n) is 11.0. The number of pyridine rings is 1. The Morgan fingerprint density at radius 3 is 2.38 bits per heavy atom. The van der Waals surface area contributed by atoms with Crippen LogP contribution in [0.5, 0.6) is 0 Å². The third-order valence-electron chi connectivity index (χ3n) is 5.55. The predicted octanol–water partition coefficient (Wildman–Crippen LogP) is 5.98. The highest BCUT2D eigenvalue weighted by Gasteiger charge is 2.18. The Morgan fingerprint density at radius 2 is 1.75 bits per heavy atom. The van der Waals surface area contributed by atoms with E-state index in [-0.39, 0.29) is 5.97 Å². The van der Waals surface area contributed by atoms with Gasteiger partial charge < -0.3 is 10.5 Å². The number of rotatable bonds is 7. The van der Waals surface area contributed by atoms with Crippen molar-refractivity contribution < 1.29 is 9.53 Å². The minimum absolute atomic E-state index is 0.353. The maximum Gasteiger partial charge on any atom is 0.338 e. The molecule has 1 aromatic heterocycles. The van der Waals surface area contributed by atoms with E-state index in [0.29, 0.717) is 18.0 Å². The molecule has 0 aliphatic heterocycles. The fourth-order valence-electron chi connectivity index (χ4n) is 3.96. The summed E-state index contributed by atoms with van der Waals surface area (Å²) in [5.41, 5.74) is 15.1. The van der Waals surface area contributed by atoms with Crippen molar-refractivity contribution in [1.29, 1.82) is 0 Å². The molecule has 0 aliphatic rings. The number of nitrogens with zero attached hydrogens (tertiary/aromatic N) is 1. The summed E-state index contributed by atoms with van der Waals surface area (Å²) in [6.45, 7) is 8.92. The number of esters is 1. The molecule has 0 fully saturated rings. The van der Waals surface area contributed by atoms with Crippen molar-refractivity contribution in [3.63, 3.8) is 0 Å². The monoisotopic (exact) mass is 428 g/mol. The van der Waals surface area contributed by atoms with Crippen molar-refractivity contribution in [2.24, 2.45) is 11.7 Å². The Balaban J connectivity index is 2.23. The third kappa shape index (κ3) is 5.14. The van der Waals surface area contributed by atoms with Gasteiger partial charge in [0.25, 0.3) is 0 Å². The second kappa shape index (κ2) is 10.4. The van der Waals surface area contributed by atoms with Crippen LogP contribution in [0.15, 0.2) is 48.5 Å². The van der Waals surface area contributed by atoms with Gasteiger partial charge in [-0.1, -0.05) is 74.0 Å². The van der Waals surface area contributed by atoms with Gasteiger partial charge >= 0.3 is 5.97 Å². The molecule has 0 atom stereocenters. The van der Waals surface area contributed by atoms with Gasteiger partial charge in [0.2, 0.25) is 0 Å². The number of nitrogens with two attached hydrogens (primary N) is 1. The van der Waals surface area contributed by atoms with Crippen LogP contribution >= 0.6 is 0 Å². The van der Waals surface area contributed by atoms with Crippen LogP contribution in [0.1, 0.15) is 57.8 Å².